The summed E-state index contributed by atoms with van der Waals surface area (Å²) in [6, 6.07) is 3.70. The number of hydrogen-bond acceptors (Lipinski definition) is 4. The largest absolute Gasteiger partial charge is 0.281 e. The summed E-state index contributed by atoms with van der Waals surface area (Å²) in [5.41, 5.74) is -0.368. The molecule has 0 spiro atoms. The maximum absolute atomic E-state index is 12.8. The summed E-state index contributed by atoms with van der Waals surface area (Å²) < 4.78 is 23.4. The molecule has 0 aliphatic heterocycles. The van der Waals surface area contributed by atoms with E-state index in [2.05, 4.69) is 11.3 Å². The van der Waals surface area contributed by atoms with E-state index in [-0.39, 0.29) is 5.54 Å². The van der Waals surface area contributed by atoms with E-state index in [0.29, 0.717) is 10.8 Å². The second-order valence-electron chi connectivity index (χ2n) is 4.84. The van der Waals surface area contributed by atoms with Crippen LogP contribution in [0.25, 0.3) is 0 Å². The Morgan fingerprint density at radius 3 is 2.65 bits per heavy atom. The minimum Gasteiger partial charge on any atom is -0.281 e. The lowest BCUT2D eigenvalue weighted by Gasteiger charge is -2.16. The Morgan fingerprint density at radius 2 is 2.18 bits per heavy atom. The van der Waals surface area contributed by atoms with Crippen molar-refractivity contribution in [2.75, 3.05) is 6.61 Å². The fourth-order valence-electron chi connectivity index (χ4n) is 1.22. The van der Waals surface area contributed by atoms with Gasteiger partial charge in [-0.1, -0.05) is 19.4 Å². The minimum atomic E-state index is -2.71. The van der Waals surface area contributed by atoms with Crippen LogP contribution in [-0.4, -0.2) is 16.4 Å². The van der Waals surface area contributed by atoms with Gasteiger partial charge in [0.05, 0.1) is 12.1 Å². The molecule has 5 heteroatoms. The first kappa shape index (κ1) is 14.7. The molecule has 0 radical (unpaired) electrons. The van der Waals surface area contributed by atoms with Crippen molar-refractivity contribution >= 4 is 21.3 Å². The smallest absolute Gasteiger partial charge is 0.203 e. The third-order valence-electron chi connectivity index (χ3n) is 1.88. The number of nitrogens with zero attached hydrogens (tertiary/aromatic N) is 1. The zero-order valence-corrected chi connectivity index (χ0v) is 12.6. The van der Waals surface area contributed by atoms with Gasteiger partial charge in [-0.2, -0.15) is 0 Å². The lowest BCUT2D eigenvalue weighted by molar-refractivity contribution is 0.329. The van der Waals surface area contributed by atoms with Gasteiger partial charge in [0.2, 0.25) is 10.0 Å². The molecule has 0 aliphatic rings. The van der Waals surface area contributed by atoms with Gasteiger partial charge >= 0.3 is 0 Å². The summed E-state index contributed by atoms with van der Waals surface area (Å²) in [6.07, 6.45) is 1.93. The topological polar surface area (TPSA) is 38.7 Å². The van der Waals surface area contributed by atoms with Crippen molar-refractivity contribution in [3.8, 4) is 0 Å². The molecular weight excluding hydrogens is 254 g/mol. The van der Waals surface area contributed by atoms with Crippen molar-refractivity contribution < 1.29 is 8.39 Å². The summed E-state index contributed by atoms with van der Waals surface area (Å²) in [5, 5.41) is 1.90. The number of rotatable bonds is 5. The monoisotopic (exact) mass is 275 g/mol. The Kier molecular flexibility index (Phi) is 5.16. The Hall–Kier alpha value is -0.390. The number of hydrogen-bond donors (Lipinski definition) is 0. The first-order chi connectivity index (χ1) is 7.87. The summed E-state index contributed by atoms with van der Waals surface area (Å²) in [5.74, 6) is 0. The van der Waals surface area contributed by atoms with Crippen molar-refractivity contribution in [3.05, 3.63) is 17.5 Å². The summed E-state index contributed by atoms with van der Waals surface area (Å²) in [4.78, 5) is 0. The zero-order valence-electron chi connectivity index (χ0n) is 10.9. The molecule has 1 heterocycles. The van der Waals surface area contributed by atoms with Crippen LogP contribution < -0.4 is 0 Å². The van der Waals surface area contributed by atoms with E-state index < -0.39 is 10.0 Å². The number of thiophene rings is 1. The Labute approximate surface area is 109 Å². The third kappa shape index (κ3) is 4.77. The van der Waals surface area contributed by atoms with Crippen molar-refractivity contribution in [3.63, 3.8) is 0 Å². The predicted molar refractivity (Wildman–Crippen MR) is 73.8 cm³/mol. The fourth-order valence-corrected chi connectivity index (χ4v) is 4.15. The van der Waals surface area contributed by atoms with Gasteiger partial charge in [-0.15, -0.1) is 11.3 Å². The molecular formula is C12H21NO2S2. The van der Waals surface area contributed by atoms with Crippen LogP contribution in [0.2, 0.25) is 0 Å². The quantitative estimate of drug-likeness (QED) is 0.759. The Balaban J connectivity index is 3.02. The highest BCUT2D eigenvalue weighted by molar-refractivity contribution is 7.91. The van der Waals surface area contributed by atoms with Crippen LogP contribution in [0.3, 0.4) is 0 Å². The second kappa shape index (κ2) is 5.98. The molecule has 0 bridgehead atoms. The summed E-state index contributed by atoms with van der Waals surface area (Å²) >= 11 is 1.43. The molecule has 0 fully saturated rings. The van der Waals surface area contributed by atoms with Crippen LogP contribution in [0.4, 0.5) is 0 Å². The lowest BCUT2D eigenvalue weighted by atomic mass is 10.1. The van der Waals surface area contributed by atoms with Gasteiger partial charge in [0.15, 0.2) is 0 Å². The number of unbranched alkanes of at least 4 members (excludes halogenated alkanes) is 1. The van der Waals surface area contributed by atoms with Crippen LogP contribution in [0.1, 0.15) is 40.5 Å². The molecule has 0 N–H and O–H groups in total. The van der Waals surface area contributed by atoms with Gasteiger partial charge in [0, 0.05) is 0 Å². The third-order valence-corrected chi connectivity index (χ3v) is 5.39. The molecule has 0 aliphatic carbocycles. The van der Waals surface area contributed by atoms with E-state index in [1.165, 1.54) is 11.3 Å². The predicted octanol–water partition coefficient (Wildman–Crippen LogP) is 4.11. The van der Waals surface area contributed by atoms with Crippen molar-refractivity contribution in [1.82, 2.24) is 0 Å². The first-order valence-electron chi connectivity index (χ1n) is 5.83. The minimum absolute atomic E-state index is 0.368. The van der Waals surface area contributed by atoms with Crippen molar-refractivity contribution in [1.29, 1.82) is 0 Å². The SMILES string of the molecule is CCCCOS(=O)(=NC(C)(C)C)c1cccs1. The van der Waals surface area contributed by atoms with Crippen LogP contribution in [0, 0.1) is 0 Å². The van der Waals surface area contributed by atoms with Gasteiger partial charge in [0.25, 0.3) is 0 Å². The zero-order chi connectivity index (χ0) is 12.9. The van der Waals surface area contributed by atoms with Gasteiger partial charge in [-0.05, 0) is 38.6 Å². The van der Waals surface area contributed by atoms with Crippen LogP contribution in [-0.2, 0) is 14.2 Å². The second-order valence-corrected chi connectivity index (χ2v) is 7.86. The molecule has 1 atom stereocenters. The Bertz CT molecular complexity index is 438. The van der Waals surface area contributed by atoms with E-state index in [0.717, 1.165) is 12.8 Å². The maximum atomic E-state index is 12.8. The van der Waals surface area contributed by atoms with E-state index in [1.54, 1.807) is 0 Å². The molecule has 0 aromatic carbocycles. The molecule has 0 saturated carbocycles. The highest BCUT2D eigenvalue weighted by Gasteiger charge is 2.19. The van der Waals surface area contributed by atoms with Crippen LogP contribution in [0.5, 0.6) is 0 Å². The Morgan fingerprint density at radius 1 is 1.47 bits per heavy atom. The highest BCUT2D eigenvalue weighted by atomic mass is 32.3. The molecule has 0 saturated heterocycles. The average Bonchev–Trinajstić information content (AvgIpc) is 2.68. The average molecular weight is 275 g/mol. The molecule has 0 amide bonds. The molecule has 1 unspecified atom stereocenters. The summed E-state index contributed by atoms with van der Waals surface area (Å²) in [7, 11) is -2.71. The van der Waals surface area contributed by atoms with Crippen molar-refractivity contribution in [2.45, 2.75) is 50.3 Å². The molecule has 1 aromatic heterocycles. The van der Waals surface area contributed by atoms with Gasteiger partial charge in [-0.3, -0.25) is 4.18 Å². The molecule has 1 rings (SSSR count). The van der Waals surface area contributed by atoms with E-state index >= 15 is 0 Å². The van der Waals surface area contributed by atoms with E-state index in [1.807, 2.05) is 38.3 Å². The normalized spacial score (nSPS) is 15.5. The lowest BCUT2D eigenvalue weighted by Crippen LogP contribution is -2.16. The van der Waals surface area contributed by atoms with Crippen LogP contribution in [0.15, 0.2) is 26.1 Å². The van der Waals surface area contributed by atoms with Gasteiger partial charge < -0.3 is 0 Å². The first-order valence-corrected chi connectivity index (χ1v) is 8.15. The van der Waals surface area contributed by atoms with Gasteiger partial charge in [0.1, 0.15) is 4.21 Å². The standard InChI is InChI=1S/C12H21NO2S2/c1-5-6-9-15-17(14,13-12(2,3)4)11-8-7-10-16-11/h7-8,10H,5-6,9H2,1-4H3. The molecule has 1 aromatic rings. The molecule has 17 heavy (non-hydrogen) atoms. The van der Waals surface area contributed by atoms with Crippen LogP contribution >= 0.6 is 11.3 Å². The fraction of sp³-hybridized carbons (Fsp3) is 0.667. The van der Waals surface area contributed by atoms with E-state index in [9.17, 15) is 4.21 Å². The summed E-state index contributed by atoms with van der Waals surface area (Å²) in [6.45, 7) is 8.38. The molecule has 3 nitrogen and oxygen atoms in total. The van der Waals surface area contributed by atoms with Gasteiger partial charge in [-0.25, -0.2) is 8.57 Å². The highest BCUT2D eigenvalue weighted by Crippen LogP contribution is 2.24. The molecule has 98 valence electrons. The maximum Gasteiger partial charge on any atom is 0.203 e. The van der Waals surface area contributed by atoms with Crippen molar-refractivity contribution in [2.24, 2.45) is 4.36 Å². The van der Waals surface area contributed by atoms with E-state index in [4.69, 9.17) is 4.18 Å².